The van der Waals surface area contributed by atoms with Crippen LogP contribution in [0.4, 0.5) is 0 Å². The topological polar surface area (TPSA) is 33.7 Å². The third-order valence-corrected chi connectivity index (χ3v) is 5.98. The van der Waals surface area contributed by atoms with Crippen molar-refractivity contribution in [3.8, 4) is 11.5 Å². The monoisotopic (exact) mass is 516 g/mol. The second-order valence-electron chi connectivity index (χ2n) is 6.92. The molecule has 0 fully saturated rings. The molecule has 0 aromatic heterocycles. The van der Waals surface area contributed by atoms with Crippen molar-refractivity contribution in [1.29, 1.82) is 0 Å². The Bertz CT molecular complexity index is 801. The van der Waals surface area contributed by atoms with Crippen molar-refractivity contribution in [2.75, 3.05) is 32.8 Å². The van der Waals surface area contributed by atoms with Gasteiger partial charge in [0, 0.05) is 22.2 Å². The molecule has 0 amide bonds. The van der Waals surface area contributed by atoms with Crippen molar-refractivity contribution in [3.63, 3.8) is 0 Å². The van der Waals surface area contributed by atoms with E-state index >= 15 is 0 Å². The molecule has 0 radical (unpaired) electrons. The second-order valence-corrected chi connectivity index (χ2v) is 8.62. The molecule has 0 saturated carbocycles. The summed E-state index contributed by atoms with van der Waals surface area (Å²) in [6, 6.07) is 9.49. The van der Waals surface area contributed by atoms with Crippen molar-refractivity contribution < 1.29 is 9.47 Å². The van der Waals surface area contributed by atoms with Crippen molar-refractivity contribution in [1.82, 2.24) is 10.2 Å². The third-order valence-electron chi connectivity index (χ3n) is 4.81. The summed E-state index contributed by atoms with van der Waals surface area (Å²) in [5.41, 5.74) is 2.01. The van der Waals surface area contributed by atoms with E-state index in [0.29, 0.717) is 29.0 Å². The lowest BCUT2D eigenvalue weighted by Gasteiger charge is -2.18. The zero-order chi connectivity index (χ0) is 21.9. The van der Waals surface area contributed by atoms with Crippen LogP contribution in [0.3, 0.4) is 0 Å². The predicted octanol–water partition coefficient (Wildman–Crippen LogP) is 6.56. The summed E-state index contributed by atoms with van der Waals surface area (Å²) in [4.78, 5) is 2.44. The summed E-state index contributed by atoms with van der Waals surface area (Å²) in [7, 11) is 0. The number of nitrogens with zero attached hydrogens (tertiary/aromatic N) is 1. The Balaban J connectivity index is 1.98. The lowest BCUT2D eigenvalue weighted by atomic mass is 10.2. The third kappa shape index (κ3) is 7.93. The van der Waals surface area contributed by atoms with Gasteiger partial charge in [-0.05, 0) is 85.3 Å². The molecule has 0 aliphatic rings. The van der Waals surface area contributed by atoms with Gasteiger partial charge in [-0.15, -0.1) is 0 Å². The van der Waals surface area contributed by atoms with E-state index in [1.54, 1.807) is 12.1 Å². The van der Waals surface area contributed by atoms with Crippen LogP contribution in [0, 0.1) is 0 Å². The van der Waals surface area contributed by atoms with Gasteiger partial charge in [0.25, 0.3) is 0 Å². The SMILES string of the molecule is CCOc1cc(CNCCCN(CC)CC)cc(Br)c1OCc1ccc(Cl)cc1Cl. The Morgan fingerprint density at radius 3 is 2.47 bits per heavy atom. The van der Waals surface area contributed by atoms with Crippen molar-refractivity contribution in [3.05, 3.63) is 56.0 Å². The van der Waals surface area contributed by atoms with Crippen molar-refractivity contribution >= 4 is 39.1 Å². The highest BCUT2D eigenvalue weighted by Crippen LogP contribution is 2.38. The summed E-state index contributed by atoms with van der Waals surface area (Å²) in [5.74, 6) is 1.39. The fraction of sp³-hybridized carbons (Fsp3) is 0.478. The molecule has 4 nitrogen and oxygen atoms in total. The van der Waals surface area contributed by atoms with E-state index in [1.165, 1.54) is 0 Å². The highest BCUT2D eigenvalue weighted by Gasteiger charge is 2.13. The molecule has 7 heteroatoms. The molecule has 2 aromatic rings. The van der Waals surface area contributed by atoms with E-state index in [2.05, 4.69) is 46.1 Å². The zero-order valence-corrected chi connectivity index (χ0v) is 21.0. The van der Waals surface area contributed by atoms with E-state index in [-0.39, 0.29) is 0 Å². The van der Waals surface area contributed by atoms with Gasteiger partial charge in [0.2, 0.25) is 0 Å². The van der Waals surface area contributed by atoms with Crippen molar-refractivity contribution in [2.24, 2.45) is 0 Å². The van der Waals surface area contributed by atoms with Gasteiger partial charge >= 0.3 is 0 Å². The van der Waals surface area contributed by atoms with Gasteiger partial charge < -0.3 is 19.7 Å². The number of hydrogen-bond acceptors (Lipinski definition) is 4. The lowest BCUT2D eigenvalue weighted by molar-refractivity contribution is 0.267. The van der Waals surface area contributed by atoms with Gasteiger partial charge in [-0.3, -0.25) is 0 Å². The molecule has 0 aliphatic carbocycles. The molecule has 0 unspecified atom stereocenters. The number of rotatable bonds is 13. The summed E-state index contributed by atoms with van der Waals surface area (Å²) in [6.45, 7) is 12.3. The number of benzene rings is 2. The van der Waals surface area contributed by atoms with Crippen molar-refractivity contribution in [2.45, 2.75) is 40.3 Å². The number of hydrogen-bond donors (Lipinski definition) is 1. The van der Waals surface area contributed by atoms with Gasteiger partial charge in [-0.25, -0.2) is 0 Å². The zero-order valence-electron chi connectivity index (χ0n) is 17.9. The largest absolute Gasteiger partial charge is 0.490 e. The number of halogens is 3. The van der Waals surface area contributed by atoms with Gasteiger partial charge in [0.05, 0.1) is 11.1 Å². The Kier molecular flexibility index (Phi) is 11.3. The van der Waals surface area contributed by atoms with E-state index in [9.17, 15) is 0 Å². The van der Waals surface area contributed by atoms with Crippen LogP contribution in [0.5, 0.6) is 11.5 Å². The van der Waals surface area contributed by atoms with Crippen LogP contribution in [-0.2, 0) is 13.2 Å². The molecule has 0 spiro atoms. The minimum atomic E-state index is 0.331. The average molecular weight is 518 g/mol. The van der Waals surface area contributed by atoms with E-state index < -0.39 is 0 Å². The summed E-state index contributed by atoms with van der Waals surface area (Å²) in [6.07, 6.45) is 1.13. The average Bonchev–Trinajstić information content (AvgIpc) is 2.71. The maximum Gasteiger partial charge on any atom is 0.175 e. The fourth-order valence-corrected chi connectivity index (χ4v) is 4.18. The van der Waals surface area contributed by atoms with Gasteiger partial charge in [-0.1, -0.05) is 43.1 Å². The van der Waals surface area contributed by atoms with Crippen LogP contribution in [0.1, 0.15) is 38.3 Å². The van der Waals surface area contributed by atoms with Crippen LogP contribution >= 0.6 is 39.1 Å². The molecule has 30 heavy (non-hydrogen) atoms. The van der Waals surface area contributed by atoms with E-state index in [1.807, 2.05) is 19.1 Å². The first-order chi connectivity index (χ1) is 14.5. The Morgan fingerprint density at radius 1 is 1.03 bits per heavy atom. The normalized spacial score (nSPS) is 11.2. The molecule has 0 saturated heterocycles. The first-order valence-electron chi connectivity index (χ1n) is 10.4. The Hall–Kier alpha value is -0.980. The Labute approximate surface area is 199 Å². The van der Waals surface area contributed by atoms with E-state index in [4.69, 9.17) is 32.7 Å². The molecule has 0 aliphatic heterocycles. The second kappa shape index (κ2) is 13.4. The quantitative estimate of drug-likeness (QED) is 0.305. The minimum absolute atomic E-state index is 0.331. The molecule has 0 heterocycles. The first kappa shape index (κ1) is 25.3. The minimum Gasteiger partial charge on any atom is -0.490 e. The van der Waals surface area contributed by atoms with Crippen LogP contribution in [0.25, 0.3) is 0 Å². The van der Waals surface area contributed by atoms with Crippen LogP contribution in [-0.4, -0.2) is 37.7 Å². The van der Waals surface area contributed by atoms with Crippen LogP contribution in [0.15, 0.2) is 34.8 Å². The first-order valence-corrected chi connectivity index (χ1v) is 12.0. The molecular formula is C23H31BrCl2N2O2. The highest BCUT2D eigenvalue weighted by molar-refractivity contribution is 9.10. The van der Waals surface area contributed by atoms with Crippen LogP contribution in [0.2, 0.25) is 10.0 Å². The molecule has 0 atom stereocenters. The summed E-state index contributed by atoms with van der Waals surface area (Å²) < 4.78 is 12.8. The van der Waals surface area contributed by atoms with Gasteiger partial charge in [-0.2, -0.15) is 0 Å². The number of nitrogens with one attached hydrogen (secondary N) is 1. The molecule has 166 valence electrons. The molecule has 2 aromatic carbocycles. The summed E-state index contributed by atoms with van der Waals surface area (Å²) in [5, 5.41) is 4.71. The van der Waals surface area contributed by atoms with Crippen LogP contribution < -0.4 is 14.8 Å². The Morgan fingerprint density at radius 2 is 1.80 bits per heavy atom. The highest BCUT2D eigenvalue weighted by atomic mass is 79.9. The maximum atomic E-state index is 6.26. The van der Waals surface area contributed by atoms with Gasteiger partial charge in [0.15, 0.2) is 11.5 Å². The fourth-order valence-electron chi connectivity index (χ4n) is 3.12. The van der Waals surface area contributed by atoms with Gasteiger partial charge in [0.1, 0.15) is 6.61 Å². The molecule has 2 rings (SSSR count). The molecule has 1 N–H and O–H groups in total. The lowest BCUT2D eigenvalue weighted by Crippen LogP contribution is -2.27. The molecule has 0 bridgehead atoms. The van der Waals surface area contributed by atoms with E-state index in [0.717, 1.165) is 60.5 Å². The standard InChI is InChI=1S/C23H31BrCl2N2O2/c1-4-28(5-2)11-7-10-27-15-17-12-20(24)23(22(13-17)29-6-3)30-16-18-8-9-19(25)14-21(18)26/h8-9,12-14,27H,4-7,10-11,15-16H2,1-3H3. The smallest absolute Gasteiger partial charge is 0.175 e. The molecular weight excluding hydrogens is 487 g/mol. The maximum absolute atomic E-state index is 6.26. The predicted molar refractivity (Wildman–Crippen MR) is 130 cm³/mol. The summed E-state index contributed by atoms with van der Waals surface area (Å²) >= 11 is 15.9. The number of ether oxygens (including phenoxy) is 2.